The van der Waals surface area contributed by atoms with Crippen LogP contribution in [0.3, 0.4) is 0 Å². The van der Waals surface area contributed by atoms with E-state index in [2.05, 4.69) is 10.5 Å². The van der Waals surface area contributed by atoms with E-state index in [-0.39, 0.29) is 31.1 Å². The van der Waals surface area contributed by atoms with Crippen molar-refractivity contribution in [3.8, 4) is 0 Å². The van der Waals surface area contributed by atoms with Crippen LogP contribution >= 0.6 is 0 Å². The van der Waals surface area contributed by atoms with Crippen molar-refractivity contribution < 1.29 is 23.5 Å². The van der Waals surface area contributed by atoms with Gasteiger partial charge in [-0.2, -0.15) is 0 Å². The average Bonchev–Trinajstić information content (AvgIpc) is 3.25. The molecule has 2 heterocycles. The summed E-state index contributed by atoms with van der Waals surface area (Å²) in [6.07, 6.45) is -0.112. The number of rotatable bonds is 7. The summed E-state index contributed by atoms with van der Waals surface area (Å²) in [5, 5.41) is 6.48. The Morgan fingerprint density at radius 2 is 2.17 bits per heavy atom. The second-order valence-corrected chi connectivity index (χ2v) is 5.14. The van der Waals surface area contributed by atoms with Gasteiger partial charge < -0.3 is 24.1 Å². The van der Waals surface area contributed by atoms with Gasteiger partial charge in [0.1, 0.15) is 19.5 Å². The maximum absolute atomic E-state index is 11.9. The number of aromatic nitrogens is 1. The van der Waals surface area contributed by atoms with E-state index in [1.54, 1.807) is 6.07 Å². The predicted molar refractivity (Wildman–Crippen MR) is 79.5 cm³/mol. The van der Waals surface area contributed by atoms with Gasteiger partial charge in [-0.15, -0.1) is 0 Å². The van der Waals surface area contributed by atoms with Crippen molar-refractivity contribution in [3.63, 3.8) is 0 Å². The maximum Gasteiger partial charge on any atom is 0.273 e. The summed E-state index contributed by atoms with van der Waals surface area (Å²) < 4.78 is 20.9. The summed E-state index contributed by atoms with van der Waals surface area (Å²) in [7, 11) is 0. The second-order valence-electron chi connectivity index (χ2n) is 5.14. The normalized spacial score (nSPS) is 17.3. The molecule has 1 atom stereocenters. The van der Waals surface area contributed by atoms with E-state index in [0.29, 0.717) is 25.5 Å². The van der Waals surface area contributed by atoms with E-state index in [9.17, 15) is 4.79 Å². The molecule has 0 spiro atoms. The Bertz CT molecular complexity index is 622. The fourth-order valence-corrected chi connectivity index (χ4v) is 2.12. The molecule has 1 aliphatic rings. The molecule has 2 aromatic rings. The highest BCUT2D eigenvalue weighted by Crippen LogP contribution is 2.08. The maximum atomic E-state index is 11.9. The lowest BCUT2D eigenvalue weighted by Crippen LogP contribution is -2.33. The number of carbonyl (C=O) groups excluding carboxylic acids is 1. The zero-order chi connectivity index (χ0) is 15.9. The minimum atomic E-state index is -0.307. The van der Waals surface area contributed by atoms with Gasteiger partial charge in [0.25, 0.3) is 5.91 Å². The van der Waals surface area contributed by atoms with Gasteiger partial charge in [-0.1, -0.05) is 35.5 Å². The Hall–Kier alpha value is -2.22. The molecule has 1 saturated heterocycles. The first kappa shape index (κ1) is 15.7. The lowest BCUT2D eigenvalue weighted by Gasteiger charge is -2.07. The molecule has 0 radical (unpaired) electrons. The van der Waals surface area contributed by atoms with Crippen molar-refractivity contribution >= 4 is 5.91 Å². The first-order valence-electron chi connectivity index (χ1n) is 7.36. The molecule has 1 aromatic carbocycles. The SMILES string of the molecule is O=C(NCC1COCO1)c1cc(COCc2ccccc2)on1. The number of hydrogen-bond donors (Lipinski definition) is 1. The highest BCUT2D eigenvalue weighted by atomic mass is 16.7. The van der Waals surface area contributed by atoms with Crippen LogP contribution in [0.5, 0.6) is 0 Å². The van der Waals surface area contributed by atoms with E-state index < -0.39 is 0 Å². The molecule has 1 aliphatic heterocycles. The first-order valence-corrected chi connectivity index (χ1v) is 7.36. The molecule has 122 valence electrons. The Balaban J connectivity index is 1.42. The van der Waals surface area contributed by atoms with Crippen molar-refractivity contribution in [2.24, 2.45) is 0 Å². The van der Waals surface area contributed by atoms with Crippen LogP contribution in [0.4, 0.5) is 0 Å². The summed E-state index contributed by atoms with van der Waals surface area (Å²) in [5.41, 5.74) is 1.30. The van der Waals surface area contributed by atoms with Crippen LogP contribution in [0.2, 0.25) is 0 Å². The molecule has 1 aromatic heterocycles. The molecule has 1 unspecified atom stereocenters. The Morgan fingerprint density at radius 3 is 2.96 bits per heavy atom. The standard InChI is InChI=1S/C16H18N2O5/c19-16(17-7-14-10-21-11-22-14)15-6-13(23-18-15)9-20-8-12-4-2-1-3-5-12/h1-6,14H,7-11H2,(H,17,19). The molecule has 1 fully saturated rings. The van der Waals surface area contributed by atoms with Crippen LogP contribution in [0.25, 0.3) is 0 Å². The lowest BCUT2D eigenvalue weighted by atomic mass is 10.2. The minimum absolute atomic E-state index is 0.112. The summed E-state index contributed by atoms with van der Waals surface area (Å²) >= 11 is 0. The van der Waals surface area contributed by atoms with Gasteiger partial charge >= 0.3 is 0 Å². The molecule has 7 nitrogen and oxygen atoms in total. The summed E-state index contributed by atoms with van der Waals surface area (Å²) in [5.74, 6) is 0.199. The Labute approximate surface area is 133 Å². The van der Waals surface area contributed by atoms with E-state index >= 15 is 0 Å². The quantitative estimate of drug-likeness (QED) is 0.833. The van der Waals surface area contributed by atoms with Crippen molar-refractivity contribution in [1.82, 2.24) is 10.5 Å². The monoisotopic (exact) mass is 318 g/mol. The smallest absolute Gasteiger partial charge is 0.273 e. The third-order valence-electron chi connectivity index (χ3n) is 3.33. The van der Waals surface area contributed by atoms with Crippen LogP contribution in [0.15, 0.2) is 40.9 Å². The van der Waals surface area contributed by atoms with Gasteiger partial charge in [0, 0.05) is 12.6 Å². The van der Waals surface area contributed by atoms with Crippen molar-refractivity contribution in [2.45, 2.75) is 19.3 Å². The Morgan fingerprint density at radius 1 is 1.30 bits per heavy atom. The van der Waals surface area contributed by atoms with Gasteiger partial charge in [-0.05, 0) is 5.56 Å². The number of amides is 1. The van der Waals surface area contributed by atoms with Crippen LogP contribution in [-0.4, -0.2) is 37.1 Å². The molecule has 7 heteroatoms. The first-order chi connectivity index (χ1) is 11.3. The van der Waals surface area contributed by atoms with Gasteiger partial charge in [0.05, 0.1) is 13.2 Å². The minimum Gasteiger partial charge on any atom is -0.369 e. The van der Waals surface area contributed by atoms with Crippen LogP contribution < -0.4 is 5.32 Å². The molecular weight excluding hydrogens is 300 g/mol. The molecule has 0 bridgehead atoms. The average molecular weight is 318 g/mol. The summed E-state index contributed by atoms with van der Waals surface area (Å²) in [4.78, 5) is 11.9. The molecule has 3 rings (SSSR count). The van der Waals surface area contributed by atoms with Gasteiger partial charge in [0.15, 0.2) is 11.5 Å². The van der Waals surface area contributed by atoms with E-state index in [4.69, 9.17) is 18.7 Å². The number of nitrogens with one attached hydrogen (secondary N) is 1. The lowest BCUT2D eigenvalue weighted by molar-refractivity contribution is 0.0461. The number of benzene rings is 1. The molecule has 23 heavy (non-hydrogen) atoms. The largest absolute Gasteiger partial charge is 0.369 e. The highest BCUT2D eigenvalue weighted by molar-refractivity contribution is 5.92. The highest BCUT2D eigenvalue weighted by Gasteiger charge is 2.18. The van der Waals surface area contributed by atoms with Crippen LogP contribution in [0.1, 0.15) is 21.8 Å². The van der Waals surface area contributed by atoms with Crippen molar-refractivity contribution in [1.29, 1.82) is 0 Å². The third kappa shape index (κ3) is 4.62. The number of ether oxygens (including phenoxy) is 3. The van der Waals surface area contributed by atoms with E-state index in [1.807, 2.05) is 30.3 Å². The predicted octanol–water partition coefficient (Wildman–Crippen LogP) is 1.49. The number of nitrogens with zero attached hydrogens (tertiary/aromatic N) is 1. The topological polar surface area (TPSA) is 82.8 Å². The zero-order valence-corrected chi connectivity index (χ0v) is 12.6. The third-order valence-corrected chi connectivity index (χ3v) is 3.33. The fourth-order valence-electron chi connectivity index (χ4n) is 2.12. The number of carbonyl (C=O) groups is 1. The van der Waals surface area contributed by atoms with Crippen molar-refractivity contribution in [2.75, 3.05) is 19.9 Å². The van der Waals surface area contributed by atoms with E-state index in [1.165, 1.54) is 0 Å². The van der Waals surface area contributed by atoms with E-state index in [0.717, 1.165) is 5.56 Å². The van der Waals surface area contributed by atoms with Crippen LogP contribution in [0, 0.1) is 0 Å². The fraction of sp³-hybridized carbons (Fsp3) is 0.375. The van der Waals surface area contributed by atoms with Gasteiger partial charge in [-0.25, -0.2) is 0 Å². The molecule has 1 amide bonds. The van der Waals surface area contributed by atoms with Gasteiger partial charge in [-0.3, -0.25) is 4.79 Å². The summed E-state index contributed by atoms with van der Waals surface area (Å²) in [6, 6.07) is 11.4. The van der Waals surface area contributed by atoms with Crippen molar-refractivity contribution in [3.05, 3.63) is 53.4 Å². The molecule has 1 N–H and O–H groups in total. The number of hydrogen-bond acceptors (Lipinski definition) is 6. The van der Waals surface area contributed by atoms with Gasteiger partial charge in [0.2, 0.25) is 0 Å². The summed E-state index contributed by atoms with van der Waals surface area (Å²) in [6.45, 7) is 1.87. The Kier molecular flexibility index (Phi) is 5.36. The zero-order valence-electron chi connectivity index (χ0n) is 12.6. The molecular formula is C16H18N2O5. The molecule has 0 aliphatic carbocycles. The second kappa shape index (κ2) is 7.87. The van der Waals surface area contributed by atoms with Crippen LogP contribution in [-0.2, 0) is 27.4 Å². The molecule has 0 saturated carbocycles.